The molecule has 0 aliphatic rings. The van der Waals surface area contributed by atoms with Crippen LogP contribution in [0.4, 0.5) is 0 Å². The van der Waals surface area contributed by atoms with Gasteiger partial charge in [0.2, 0.25) is 11.8 Å². The van der Waals surface area contributed by atoms with Gasteiger partial charge in [-0.15, -0.1) is 0 Å². The van der Waals surface area contributed by atoms with E-state index in [-0.39, 0.29) is 18.6 Å². The molecule has 29 heavy (non-hydrogen) atoms. The molecule has 0 saturated carbocycles. The molecular formula is C20H23N3O6. The highest BCUT2D eigenvalue weighted by atomic mass is 16.5. The van der Waals surface area contributed by atoms with Crippen LogP contribution in [0, 0.1) is 5.92 Å². The molecule has 0 radical (unpaired) electrons. The highest BCUT2D eigenvalue weighted by Gasteiger charge is 2.34. The highest BCUT2D eigenvalue weighted by Crippen LogP contribution is 2.17. The number of phenolic OH excluding ortho intramolecular Hbond substituents is 1. The van der Waals surface area contributed by atoms with Crippen molar-refractivity contribution in [3.8, 4) is 5.75 Å². The van der Waals surface area contributed by atoms with E-state index in [4.69, 9.17) is 10.9 Å². The number of rotatable bonds is 9. The van der Waals surface area contributed by atoms with Crippen molar-refractivity contribution in [2.45, 2.75) is 25.0 Å². The number of aromatic hydroxyl groups is 1. The first-order valence-electron chi connectivity index (χ1n) is 8.85. The summed E-state index contributed by atoms with van der Waals surface area (Å²) in [6.07, 6.45) is -1.83. The van der Waals surface area contributed by atoms with Gasteiger partial charge in [0.05, 0.1) is 5.92 Å². The second-order valence-electron chi connectivity index (χ2n) is 6.55. The van der Waals surface area contributed by atoms with Gasteiger partial charge in [-0.2, -0.15) is 0 Å². The molecular weight excluding hydrogens is 378 g/mol. The minimum Gasteiger partial charge on any atom is -0.508 e. The summed E-state index contributed by atoms with van der Waals surface area (Å²) < 4.78 is 0. The van der Waals surface area contributed by atoms with Gasteiger partial charge in [-0.05, 0) is 29.7 Å². The lowest BCUT2D eigenvalue weighted by molar-refractivity contribution is -0.146. The summed E-state index contributed by atoms with van der Waals surface area (Å²) in [5.41, 5.74) is 8.02. The number of hydroxylamine groups is 1. The molecule has 7 N–H and O–H groups in total. The number of aliphatic hydroxyl groups excluding tert-OH is 1. The van der Waals surface area contributed by atoms with E-state index in [1.54, 1.807) is 30.3 Å². The van der Waals surface area contributed by atoms with Gasteiger partial charge in [-0.25, -0.2) is 5.48 Å². The number of phenols is 1. The molecule has 9 heteroatoms. The number of aliphatic hydroxyl groups is 1. The highest BCUT2D eigenvalue weighted by molar-refractivity contribution is 5.92. The molecule has 9 nitrogen and oxygen atoms in total. The van der Waals surface area contributed by atoms with E-state index in [1.165, 1.54) is 29.7 Å². The lowest BCUT2D eigenvalue weighted by Gasteiger charge is -2.24. The summed E-state index contributed by atoms with van der Waals surface area (Å²) >= 11 is 0. The maximum atomic E-state index is 12.8. The van der Waals surface area contributed by atoms with Gasteiger partial charge >= 0.3 is 0 Å². The number of nitrogens with two attached hydrogens (primary N) is 1. The van der Waals surface area contributed by atoms with Gasteiger partial charge in [0.1, 0.15) is 17.9 Å². The van der Waals surface area contributed by atoms with Gasteiger partial charge < -0.3 is 21.3 Å². The lowest BCUT2D eigenvalue weighted by atomic mass is 9.92. The van der Waals surface area contributed by atoms with Crippen LogP contribution in [0.15, 0.2) is 54.6 Å². The van der Waals surface area contributed by atoms with Crippen molar-refractivity contribution in [1.29, 1.82) is 0 Å². The molecule has 2 rings (SSSR count). The second-order valence-corrected chi connectivity index (χ2v) is 6.55. The minimum absolute atomic E-state index is 0.0139. The number of carbonyl (C=O) groups excluding carboxylic acids is 3. The zero-order chi connectivity index (χ0) is 21.4. The Kier molecular flexibility index (Phi) is 7.70. The Morgan fingerprint density at radius 1 is 0.897 bits per heavy atom. The number of carbonyl (C=O) groups is 3. The molecule has 0 aliphatic heterocycles. The van der Waals surface area contributed by atoms with Crippen molar-refractivity contribution in [1.82, 2.24) is 10.8 Å². The average Bonchev–Trinajstić information content (AvgIpc) is 2.72. The van der Waals surface area contributed by atoms with E-state index in [1.807, 2.05) is 0 Å². The maximum absolute atomic E-state index is 12.8. The Labute approximate surface area is 167 Å². The fourth-order valence-electron chi connectivity index (χ4n) is 2.83. The predicted octanol–water partition coefficient (Wildman–Crippen LogP) is -0.370. The van der Waals surface area contributed by atoms with Gasteiger partial charge in [0.15, 0.2) is 0 Å². The number of hydrogen-bond donors (Lipinski definition) is 6. The summed E-state index contributed by atoms with van der Waals surface area (Å²) in [7, 11) is 0. The Morgan fingerprint density at radius 3 is 2.03 bits per heavy atom. The van der Waals surface area contributed by atoms with Gasteiger partial charge in [0.25, 0.3) is 5.91 Å². The van der Waals surface area contributed by atoms with E-state index in [9.17, 15) is 24.6 Å². The van der Waals surface area contributed by atoms with Crippen LogP contribution in [0.25, 0.3) is 0 Å². The Morgan fingerprint density at radius 2 is 1.48 bits per heavy atom. The third-order valence-corrected chi connectivity index (χ3v) is 4.43. The lowest BCUT2D eigenvalue weighted by Crippen LogP contribution is -2.52. The summed E-state index contributed by atoms with van der Waals surface area (Å²) in [5.74, 6) is -4.02. The molecule has 0 saturated heterocycles. The fraction of sp³-hybridized carbons (Fsp3) is 0.250. The molecule has 0 spiro atoms. The molecule has 3 unspecified atom stereocenters. The topological polar surface area (TPSA) is 162 Å². The molecule has 0 heterocycles. The first-order valence-corrected chi connectivity index (χ1v) is 8.85. The van der Waals surface area contributed by atoms with Crippen LogP contribution in [-0.2, 0) is 27.2 Å². The average molecular weight is 401 g/mol. The SMILES string of the molecule is NC(=O)C(Cc1ccccc1)NC(=O)C(Cc1ccc(O)cc1)C(O)C(=O)NO. The van der Waals surface area contributed by atoms with E-state index in [0.717, 1.165) is 5.56 Å². The van der Waals surface area contributed by atoms with Crippen molar-refractivity contribution >= 4 is 17.7 Å². The first kappa shape index (κ1) is 21.9. The van der Waals surface area contributed by atoms with Crippen LogP contribution in [0.2, 0.25) is 0 Å². The first-order chi connectivity index (χ1) is 13.8. The Bertz CT molecular complexity index is 841. The minimum atomic E-state index is -1.88. The van der Waals surface area contributed by atoms with Crippen LogP contribution in [-0.4, -0.2) is 45.3 Å². The van der Waals surface area contributed by atoms with E-state index < -0.39 is 35.8 Å². The normalized spacial score (nSPS) is 13.7. The van der Waals surface area contributed by atoms with E-state index >= 15 is 0 Å². The number of hydrogen-bond acceptors (Lipinski definition) is 6. The number of nitrogens with one attached hydrogen (secondary N) is 2. The third-order valence-electron chi connectivity index (χ3n) is 4.43. The quantitative estimate of drug-likeness (QED) is 0.248. The van der Waals surface area contributed by atoms with E-state index in [0.29, 0.717) is 5.56 Å². The monoisotopic (exact) mass is 401 g/mol. The smallest absolute Gasteiger partial charge is 0.272 e. The van der Waals surface area contributed by atoms with Gasteiger partial charge in [-0.3, -0.25) is 19.6 Å². The maximum Gasteiger partial charge on any atom is 0.272 e. The molecule has 0 aliphatic carbocycles. The summed E-state index contributed by atoms with van der Waals surface area (Å²) in [6, 6.07) is 13.7. The number of amides is 3. The van der Waals surface area contributed by atoms with Crippen molar-refractivity contribution in [2.24, 2.45) is 11.7 Å². The van der Waals surface area contributed by atoms with Crippen LogP contribution < -0.4 is 16.5 Å². The second kappa shape index (κ2) is 10.2. The third kappa shape index (κ3) is 6.30. The Balaban J connectivity index is 2.20. The van der Waals surface area contributed by atoms with Crippen LogP contribution in [0.5, 0.6) is 5.75 Å². The number of primary amides is 1. The molecule has 2 aromatic carbocycles. The van der Waals surface area contributed by atoms with Crippen molar-refractivity contribution in [2.75, 3.05) is 0 Å². The van der Waals surface area contributed by atoms with Crippen molar-refractivity contribution < 1.29 is 29.8 Å². The molecule has 0 aromatic heterocycles. The molecule has 154 valence electrons. The van der Waals surface area contributed by atoms with Gasteiger partial charge in [-0.1, -0.05) is 42.5 Å². The summed E-state index contributed by atoms with van der Waals surface area (Å²) in [4.78, 5) is 36.3. The molecule has 0 bridgehead atoms. The molecule has 2 aromatic rings. The van der Waals surface area contributed by atoms with Crippen molar-refractivity contribution in [3.05, 3.63) is 65.7 Å². The standard InChI is InChI=1S/C20H23N3O6/c21-18(26)16(11-12-4-2-1-3-5-12)22-19(27)15(17(25)20(28)23-29)10-13-6-8-14(24)9-7-13/h1-9,15-17,24-25,29H,10-11H2,(H2,21,26)(H,22,27)(H,23,28). The van der Waals surface area contributed by atoms with Crippen LogP contribution in [0.1, 0.15) is 11.1 Å². The molecule has 0 fully saturated rings. The summed E-state index contributed by atoms with van der Waals surface area (Å²) in [6.45, 7) is 0. The zero-order valence-electron chi connectivity index (χ0n) is 15.5. The van der Waals surface area contributed by atoms with Crippen molar-refractivity contribution in [3.63, 3.8) is 0 Å². The van der Waals surface area contributed by atoms with Crippen LogP contribution >= 0.6 is 0 Å². The molecule has 3 amide bonds. The predicted molar refractivity (Wildman–Crippen MR) is 103 cm³/mol. The molecule has 3 atom stereocenters. The number of benzene rings is 2. The van der Waals surface area contributed by atoms with Crippen LogP contribution in [0.3, 0.4) is 0 Å². The largest absolute Gasteiger partial charge is 0.508 e. The Hall–Kier alpha value is -3.43. The fourth-order valence-corrected chi connectivity index (χ4v) is 2.83. The zero-order valence-corrected chi connectivity index (χ0v) is 15.5. The van der Waals surface area contributed by atoms with Gasteiger partial charge in [0, 0.05) is 6.42 Å². The summed E-state index contributed by atoms with van der Waals surface area (Å²) in [5, 5.41) is 30.9. The van der Waals surface area contributed by atoms with E-state index in [2.05, 4.69) is 5.32 Å².